The molecule has 0 aliphatic carbocycles. The van der Waals surface area contributed by atoms with Crippen molar-refractivity contribution in [2.45, 2.75) is 19.4 Å². The Morgan fingerprint density at radius 1 is 1.00 bits per heavy atom. The van der Waals surface area contributed by atoms with Gasteiger partial charge in [0.2, 0.25) is 0 Å². The van der Waals surface area contributed by atoms with E-state index in [1.807, 2.05) is 54.6 Å². The topological polar surface area (TPSA) is 55.8 Å². The number of hydrogen-bond donors (Lipinski definition) is 1. The van der Waals surface area contributed by atoms with Crippen molar-refractivity contribution in [2.24, 2.45) is 0 Å². The fraction of sp³-hybridized carbons (Fsp3) is 0.136. The summed E-state index contributed by atoms with van der Waals surface area (Å²) in [5.74, 6) is 1.14. The van der Waals surface area contributed by atoms with Crippen LogP contribution in [0.15, 0.2) is 71.2 Å². The van der Waals surface area contributed by atoms with Crippen LogP contribution < -0.4 is 9.47 Å². The third-order valence-electron chi connectivity index (χ3n) is 4.03. The van der Waals surface area contributed by atoms with Crippen molar-refractivity contribution in [3.8, 4) is 17.2 Å². The van der Waals surface area contributed by atoms with Crippen molar-refractivity contribution in [3.63, 3.8) is 0 Å². The Balaban J connectivity index is 1.66. The second kappa shape index (κ2) is 9.62. The first-order chi connectivity index (χ1) is 13.5. The lowest BCUT2D eigenvalue weighted by molar-refractivity contribution is -0.136. The van der Waals surface area contributed by atoms with Gasteiger partial charge in [0, 0.05) is 16.5 Å². The summed E-state index contributed by atoms with van der Waals surface area (Å²) in [5.41, 5.74) is 1.85. The number of carboxylic acids is 1. The number of carbonyl (C=O) groups is 1. The van der Waals surface area contributed by atoms with Gasteiger partial charge in [-0.05, 0) is 48.4 Å². The van der Waals surface area contributed by atoms with Gasteiger partial charge >= 0.3 is 5.97 Å². The van der Waals surface area contributed by atoms with Gasteiger partial charge in [0.25, 0.3) is 0 Å². The molecule has 0 spiro atoms. The number of carboxylic acid groups (broad SMARTS) is 1. The first-order valence-electron chi connectivity index (χ1n) is 8.65. The van der Waals surface area contributed by atoms with Gasteiger partial charge in [-0.1, -0.05) is 57.9 Å². The van der Waals surface area contributed by atoms with Gasteiger partial charge < -0.3 is 14.6 Å². The fourth-order valence-electron chi connectivity index (χ4n) is 2.56. The molecule has 3 rings (SSSR count). The summed E-state index contributed by atoms with van der Waals surface area (Å²) >= 11 is 9.62. The number of para-hydroxylation sites is 1. The van der Waals surface area contributed by atoms with Gasteiger partial charge in [0.1, 0.15) is 23.9 Å². The van der Waals surface area contributed by atoms with E-state index >= 15 is 0 Å². The molecule has 0 heterocycles. The standard InChI is InChI=1S/C22H18BrClO4/c23-17-8-11-21(19(24)13-17)28-20-4-2-1-3-16(20)14-27-18-9-5-15(6-10-18)7-12-22(25)26/h1-6,8-11,13H,7,12,14H2,(H,25,26). The zero-order chi connectivity index (χ0) is 19.9. The van der Waals surface area contributed by atoms with E-state index in [9.17, 15) is 4.79 Å². The first kappa shape index (κ1) is 20.2. The van der Waals surface area contributed by atoms with Crippen molar-refractivity contribution in [3.05, 3.63) is 87.4 Å². The predicted octanol–water partition coefficient (Wildman–Crippen LogP) is 6.49. The summed E-state index contributed by atoms with van der Waals surface area (Å²) in [4.78, 5) is 10.7. The van der Waals surface area contributed by atoms with Gasteiger partial charge in [-0.3, -0.25) is 4.79 Å². The largest absolute Gasteiger partial charge is 0.489 e. The first-order valence-corrected chi connectivity index (χ1v) is 9.83. The predicted molar refractivity (Wildman–Crippen MR) is 112 cm³/mol. The minimum atomic E-state index is -0.803. The Bertz CT molecular complexity index is 957. The lowest BCUT2D eigenvalue weighted by Gasteiger charge is -2.13. The van der Waals surface area contributed by atoms with Crippen LogP contribution in [0.25, 0.3) is 0 Å². The van der Waals surface area contributed by atoms with E-state index in [0.29, 0.717) is 35.3 Å². The molecule has 3 aromatic rings. The maximum atomic E-state index is 10.7. The molecule has 0 amide bonds. The third kappa shape index (κ3) is 5.75. The average Bonchev–Trinajstić information content (AvgIpc) is 2.68. The fourth-order valence-corrected chi connectivity index (χ4v) is 3.28. The summed E-state index contributed by atoms with van der Waals surface area (Å²) in [6, 6.07) is 20.5. The quantitative estimate of drug-likeness (QED) is 0.416. The maximum absolute atomic E-state index is 10.7. The van der Waals surface area contributed by atoms with Crippen molar-refractivity contribution < 1.29 is 19.4 Å². The minimum absolute atomic E-state index is 0.115. The normalized spacial score (nSPS) is 10.5. The summed E-state index contributed by atoms with van der Waals surface area (Å²) in [6.45, 7) is 0.332. The van der Waals surface area contributed by atoms with E-state index in [1.165, 1.54) is 0 Å². The summed E-state index contributed by atoms with van der Waals surface area (Å²) < 4.78 is 12.7. The van der Waals surface area contributed by atoms with Crippen LogP contribution in [0.2, 0.25) is 5.02 Å². The molecule has 0 bridgehead atoms. The highest BCUT2D eigenvalue weighted by molar-refractivity contribution is 9.10. The number of aliphatic carboxylic acids is 1. The molecular weight excluding hydrogens is 444 g/mol. The van der Waals surface area contributed by atoms with E-state index in [-0.39, 0.29) is 6.42 Å². The molecule has 0 fully saturated rings. The van der Waals surface area contributed by atoms with Crippen LogP contribution in [0.3, 0.4) is 0 Å². The van der Waals surface area contributed by atoms with E-state index in [2.05, 4.69) is 15.9 Å². The van der Waals surface area contributed by atoms with E-state index in [1.54, 1.807) is 12.1 Å². The SMILES string of the molecule is O=C(O)CCc1ccc(OCc2ccccc2Oc2ccc(Br)cc2Cl)cc1. The Hall–Kier alpha value is -2.50. The van der Waals surface area contributed by atoms with Crippen LogP contribution in [0.1, 0.15) is 17.5 Å². The minimum Gasteiger partial charge on any atom is -0.489 e. The van der Waals surface area contributed by atoms with Crippen molar-refractivity contribution in [1.29, 1.82) is 0 Å². The Morgan fingerprint density at radius 2 is 1.75 bits per heavy atom. The lowest BCUT2D eigenvalue weighted by atomic mass is 10.1. The average molecular weight is 462 g/mol. The maximum Gasteiger partial charge on any atom is 0.303 e. The summed E-state index contributed by atoms with van der Waals surface area (Å²) in [5, 5.41) is 9.27. The molecule has 0 aliphatic rings. The van der Waals surface area contributed by atoms with Crippen LogP contribution >= 0.6 is 27.5 Å². The lowest BCUT2D eigenvalue weighted by Crippen LogP contribution is -1.99. The van der Waals surface area contributed by atoms with E-state index in [0.717, 1.165) is 15.6 Å². The van der Waals surface area contributed by atoms with Gasteiger partial charge in [-0.15, -0.1) is 0 Å². The highest BCUT2D eigenvalue weighted by atomic mass is 79.9. The van der Waals surface area contributed by atoms with Gasteiger partial charge in [-0.2, -0.15) is 0 Å². The molecule has 28 heavy (non-hydrogen) atoms. The molecule has 3 aromatic carbocycles. The van der Waals surface area contributed by atoms with Crippen LogP contribution in [-0.4, -0.2) is 11.1 Å². The number of halogens is 2. The van der Waals surface area contributed by atoms with Gasteiger partial charge in [0.15, 0.2) is 0 Å². The molecule has 0 aromatic heterocycles. The van der Waals surface area contributed by atoms with Crippen molar-refractivity contribution in [2.75, 3.05) is 0 Å². The Labute approximate surface area is 176 Å². The van der Waals surface area contributed by atoms with Gasteiger partial charge in [-0.25, -0.2) is 0 Å². The molecule has 0 radical (unpaired) electrons. The van der Waals surface area contributed by atoms with Crippen LogP contribution in [0, 0.1) is 0 Å². The molecule has 0 unspecified atom stereocenters. The van der Waals surface area contributed by atoms with Crippen molar-refractivity contribution in [1.82, 2.24) is 0 Å². The third-order valence-corrected chi connectivity index (χ3v) is 4.82. The number of benzene rings is 3. The number of aryl methyl sites for hydroxylation is 1. The number of ether oxygens (including phenoxy) is 2. The van der Waals surface area contributed by atoms with Gasteiger partial charge in [0.05, 0.1) is 5.02 Å². The summed E-state index contributed by atoms with van der Waals surface area (Å²) in [7, 11) is 0. The molecule has 1 N–H and O–H groups in total. The molecular formula is C22H18BrClO4. The molecule has 0 saturated carbocycles. The molecule has 0 saturated heterocycles. The number of rotatable bonds is 8. The van der Waals surface area contributed by atoms with Crippen LogP contribution in [-0.2, 0) is 17.8 Å². The number of hydrogen-bond acceptors (Lipinski definition) is 3. The highest BCUT2D eigenvalue weighted by Crippen LogP contribution is 2.33. The van der Waals surface area contributed by atoms with Crippen LogP contribution in [0.4, 0.5) is 0 Å². The zero-order valence-corrected chi connectivity index (χ0v) is 17.2. The van der Waals surface area contributed by atoms with E-state index < -0.39 is 5.97 Å². The zero-order valence-electron chi connectivity index (χ0n) is 14.9. The Morgan fingerprint density at radius 3 is 2.46 bits per heavy atom. The van der Waals surface area contributed by atoms with Crippen LogP contribution in [0.5, 0.6) is 17.2 Å². The second-order valence-electron chi connectivity index (χ2n) is 6.11. The Kier molecular flexibility index (Phi) is 6.95. The molecule has 0 aliphatic heterocycles. The molecule has 144 valence electrons. The van der Waals surface area contributed by atoms with Crippen molar-refractivity contribution >= 4 is 33.5 Å². The molecule has 0 atom stereocenters. The van der Waals surface area contributed by atoms with E-state index in [4.69, 9.17) is 26.2 Å². The monoisotopic (exact) mass is 460 g/mol. The highest BCUT2D eigenvalue weighted by Gasteiger charge is 2.09. The second-order valence-corrected chi connectivity index (χ2v) is 7.43. The molecule has 4 nitrogen and oxygen atoms in total. The molecule has 6 heteroatoms. The smallest absolute Gasteiger partial charge is 0.303 e. The summed E-state index contributed by atoms with van der Waals surface area (Å²) in [6.07, 6.45) is 0.615.